The third-order valence-corrected chi connectivity index (χ3v) is 5.16. The average molecular weight is 316 g/mol. The highest BCUT2D eigenvalue weighted by Crippen LogP contribution is 2.38. The third kappa shape index (κ3) is 2.99. The van der Waals surface area contributed by atoms with Crippen LogP contribution in [0.15, 0.2) is 17.5 Å². The summed E-state index contributed by atoms with van der Waals surface area (Å²) in [5, 5.41) is 8.53. The van der Waals surface area contributed by atoms with Crippen LogP contribution in [0.1, 0.15) is 57.1 Å². The number of hydrogen-bond acceptors (Lipinski definition) is 4. The smallest absolute Gasteiger partial charge is 0.253 e. The fourth-order valence-electron chi connectivity index (χ4n) is 3.65. The Morgan fingerprint density at radius 1 is 1.35 bits per heavy atom. The van der Waals surface area contributed by atoms with Gasteiger partial charge in [0.25, 0.3) is 5.91 Å². The van der Waals surface area contributed by atoms with E-state index < -0.39 is 0 Å². The second-order valence-electron chi connectivity index (χ2n) is 6.92. The maximum atomic E-state index is 12.9. The van der Waals surface area contributed by atoms with Crippen molar-refractivity contribution in [2.45, 2.75) is 64.0 Å². The quantitative estimate of drug-likeness (QED) is 0.854. The van der Waals surface area contributed by atoms with Gasteiger partial charge >= 0.3 is 0 Å². The first kappa shape index (κ1) is 14.7. The van der Waals surface area contributed by atoms with Crippen molar-refractivity contribution < 1.29 is 9.53 Å². The zero-order chi connectivity index (χ0) is 15.8. The number of carbonyl (C=O) groups excluding carboxylic acids is 1. The molecule has 1 atom stereocenters. The molecule has 1 saturated carbocycles. The maximum Gasteiger partial charge on any atom is 0.253 e. The highest BCUT2D eigenvalue weighted by Gasteiger charge is 2.33. The van der Waals surface area contributed by atoms with Gasteiger partial charge in [-0.15, -0.1) is 5.10 Å². The molecule has 2 fully saturated rings. The molecule has 6 heteroatoms. The van der Waals surface area contributed by atoms with Crippen molar-refractivity contribution in [2.75, 3.05) is 13.2 Å². The standard InChI is InChI=1S/C17H24N4O2/c1-12-15(5-3-9-23-12)17(22)21-8-2-4-14(21)10-20-11-16(18-19-20)13-6-7-13/h11,13-14H,2-10H2,1H3/t14-/m0/s1. The predicted molar refractivity (Wildman–Crippen MR) is 84.6 cm³/mol. The van der Waals surface area contributed by atoms with E-state index in [1.54, 1.807) is 0 Å². The summed E-state index contributed by atoms with van der Waals surface area (Å²) in [6.45, 7) is 4.23. The number of amides is 1. The van der Waals surface area contributed by atoms with E-state index in [-0.39, 0.29) is 11.9 Å². The summed E-state index contributed by atoms with van der Waals surface area (Å²) in [7, 11) is 0. The lowest BCUT2D eigenvalue weighted by Crippen LogP contribution is -2.39. The fraction of sp³-hybridized carbons (Fsp3) is 0.706. The van der Waals surface area contributed by atoms with Gasteiger partial charge in [-0.2, -0.15) is 0 Å². The van der Waals surface area contributed by atoms with E-state index in [1.165, 1.54) is 12.8 Å². The minimum Gasteiger partial charge on any atom is -0.498 e. The van der Waals surface area contributed by atoms with Gasteiger partial charge in [0.1, 0.15) is 5.76 Å². The zero-order valence-electron chi connectivity index (χ0n) is 13.7. The van der Waals surface area contributed by atoms with Crippen LogP contribution in [-0.4, -0.2) is 45.0 Å². The van der Waals surface area contributed by atoms with Crippen LogP contribution in [0.25, 0.3) is 0 Å². The number of likely N-dealkylation sites (tertiary alicyclic amines) is 1. The Kier molecular flexibility index (Phi) is 3.83. The summed E-state index contributed by atoms with van der Waals surface area (Å²) in [6, 6.07) is 0.221. The first-order valence-corrected chi connectivity index (χ1v) is 8.76. The van der Waals surface area contributed by atoms with Crippen molar-refractivity contribution in [3.63, 3.8) is 0 Å². The summed E-state index contributed by atoms with van der Waals surface area (Å²) in [5.41, 5.74) is 1.97. The largest absolute Gasteiger partial charge is 0.498 e. The second-order valence-corrected chi connectivity index (χ2v) is 6.92. The van der Waals surface area contributed by atoms with Crippen LogP contribution in [0.2, 0.25) is 0 Å². The lowest BCUT2D eigenvalue weighted by atomic mass is 10.1. The monoisotopic (exact) mass is 316 g/mol. The Balaban J connectivity index is 1.46. The minimum absolute atomic E-state index is 0.159. The molecule has 6 nitrogen and oxygen atoms in total. The highest BCUT2D eigenvalue weighted by molar-refractivity contribution is 5.94. The molecule has 0 spiro atoms. The molecule has 3 aliphatic rings. The van der Waals surface area contributed by atoms with E-state index in [9.17, 15) is 4.79 Å². The lowest BCUT2D eigenvalue weighted by molar-refractivity contribution is -0.128. The van der Waals surface area contributed by atoms with Gasteiger partial charge in [-0.3, -0.25) is 9.48 Å². The van der Waals surface area contributed by atoms with Gasteiger partial charge in [-0.05, 0) is 45.4 Å². The molecule has 0 bridgehead atoms. The summed E-state index contributed by atoms with van der Waals surface area (Å²) >= 11 is 0. The summed E-state index contributed by atoms with van der Waals surface area (Å²) < 4.78 is 7.49. The van der Waals surface area contributed by atoms with Crippen LogP contribution < -0.4 is 0 Å². The topological polar surface area (TPSA) is 60.2 Å². The Morgan fingerprint density at radius 2 is 2.22 bits per heavy atom. The van der Waals surface area contributed by atoms with Gasteiger partial charge in [0, 0.05) is 18.7 Å². The summed E-state index contributed by atoms with van der Waals surface area (Å²) in [4.78, 5) is 14.9. The van der Waals surface area contributed by atoms with Gasteiger partial charge in [0.15, 0.2) is 0 Å². The average Bonchev–Trinajstić information content (AvgIpc) is 3.13. The van der Waals surface area contributed by atoms with Gasteiger partial charge in [-0.25, -0.2) is 0 Å². The normalized spacial score (nSPS) is 24.9. The molecule has 23 heavy (non-hydrogen) atoms. The fourth-order valence-corrected chi connectivity index (χ4v) is 3.65. The van der Waals surface area contributed by atoms with Crippen LogP contribution in [0, 0.1) is 0 Å². The molecular formula is C17H24N4O2. The number of allylic oxidation sites excluding steroid dienone is 1. The zero-order valence-corrected chi connectivity index (χ0v) is 13.7. The molecule has 1 amide bonds. The SMILES string of the molecule is CC1=C(C(=O)N2CCC[C@H]2Cn2cc(C3CC3)nn2)CCCO1. The third-order valence-electron chi connectivity index (χ3n) is 5.16. The van der Waals surface area contributed by atoms with Crippen LogP contribution in [0.3, 0.4) is 0 Å². The van der Waals surface area contributed by atoms with Crippen molar-refractivity contribution in [3.05, 3.63) is 23.2 Å². The molecule has 1 saturated heterocycles. The molecule has 0 N–H and O–H groups in total. The Morgan fingerprint density at radius 3 is 3.00 bits per heavy atom. The summed E-state index contributed by atoms with van der Waals surface area (Å²) in [5.74, 6) is 1.59. The predicted octanol–water partition coefficient (Wildman–Crippen LogP) is 2.23. The molecule has 1 aromatic heterocycles. The molecule has 0 aromatic carbocycles. The first-order valence-electron chi connectivity index (χ1n) is 8.76. The molecule has 124 valence electrons. The van der Waals surface area contributed by atoms with E-state index in [1.807, 2.05) is 16.5 Å². The number of ether oxygens (including phenoxy) is 1. The van der Waals surface area contributed by atoms with Crippen LogP contribution in [-0.2, 0) is 16.1 Å². The van der Waals surface area contributed by atoms with Crippen molar-refractivity contribution in [1.29, 1.82) is 0 Å². The van der Waals surface area contributed by atoms with Crippen molar-refractivity contribution in [2.24, 2.45) is 0 Å². The minimum atomic E-state index is 0.159. The lowest BCUT2D eigenvalue weighted by Gasteiger charge is -2.28. The summed E-state index contributed by atoms with van der Waals surface area (Å²) in [6.07, 6.45) is 8.41. The van der Waals surface area contributed by atoms with Gasteiger partial charge in [-0.1, -0.05) is 5.21 Å². The van der Waals surface area contributed by atoms with Crippen molar-refractivity contribution >= 4 is 5.91 Å². The van der Waals surface area contributed by atoms with E-state index in [0.717, 1.165) is 62.4 Å². The van der Waals surface area contributed by atoms with Crippen LogP contribution in [0.4, 0.5) is 0 Å². The van der Waals surface area contributed by atoms with E-state index >= 15 is 0 Å². The van der Waals surface area contributed by atoms with Crippen molar-refractivity contribution in [1.82, 2.24) is 19.9 Å². The second kappa shape index (κ2) is 5.98. The first-order chi connectivity index (χ1) is 11.2. The number of carbonyl (C=O) groups is 1. The van der Waals surface area contributed by atoms with Crippen molar-refractivity contribution in [3.8, 4) is 0 Å². The van der Waals surface area contributed by atoms with Gasteiger partial charge in [0.2, 0.25) is 0 Å². The van der Waals surface area contributed by atoms with E-state index in [2.05, 4.69) is 16.5 Å². The maximum absolute atomic E-state index is 12.9. The Bertz CT molecular complexity index is 632. The molecule has 1 aromatic rings. The van der Waals surface area contributed by atoms with Gasteiger partial charge < -0.3 is 9.64 Å². The molecule has 0 unspecified atom stereocenters. The van der Waals surface area contributed by atoms with E-state index in [0.29, 0.717) is 5.92 Å². The molecular weight excluding hydrogens is 292 g/mol. The number of rotatable bonds is 4. The number of nitrogens with zero attached hydrogens (tertiary/aromatic N) is 4. The Labute approximate surface area is 136 Å². The molecule has 3 heterocycles. The highest BCUT2D eigenvalue weighted by atomic mass is 16.5. The molecule has 4 rings (SSSR count). The molecule has 2 aliphatic heterocycles. The van der Waals surface area contributed by atoms with E-state index in [4.69, 9.17) is 4.74 Å². The number of aromatic nitrogens is 3. The Hall–Kier alpha value is -1.85. The molecule has 1 aliphatic carbocycles. The van der Waals surface area contributed by atoms with Crippen LogP contribution >= 0.6 is 0 Å². The molecule has 0 radical (unpaired) electrons. The van der Waals surface area contributed by atoms with Gasteiger partial charge in [0.05, 0.1) is 30.5 Å². The van der Waals surface area contributed by atoms with Crippen LogP contribution in [0.5, 0.6) is 0 Å². The number of hydrogen-bond donors (Lipinski definition) is 0.